The molecule has 0 aliphatic carbocycles. The summed E-state index contributed by atoms with van der Waals surface area (Å²) in [5, 5.41) is 13.3. The summed E-state index contributed by atoms with van der Waals surface area (Å²) in [5.74, 6) is 0.387. The van der Waals surface area contributed by atoms with Crippen LogP contribution in [0.15, 0.2) is 24.3 Å². The molecule has 0 spiro atoms. The normalized spacial score (nSPS) is 11.9. The fourth-order valence-corrected chi connectivity index (χ4v) is 2.32. The molecule has 6 heteroatoms. The van der Waals surface area contributed by atoms with E-state index < -0.39 is 0 Å². The Balaban J connectivity index is 2.24. The van der Waals surface area contributed by atoms with Crippen molar-refractivity contribution in [3.63, 3.8) is 0 Å². The zero-order valence-corrected chi connectivity index (χ0v) is 14.0. The Bertz CT molecular complexity index is 641. The molecule has 2 rings (SSSR count). The molecule has 0 saturated heterocycles. The van der Waals surface area contributed by atoms with Gasteiger partial charge in [-0.2, -0.15) is 4.79 Å². The first-order valence-corrected chi connectivity index (χ1v) is 7.63. The number of fused-ring (bicyclic) bond motifs is 1. The molecule has 0 radical (unpaired) electrons. The smallest absolute Gasteiger partial charge is 0.241 e. The lowest BCUT2D eigenvalue weighted by Crippen LogP contribution is -2.50. The third-order valence-corrected chi connectivity index (χ3v) is 3.02. The monoisotopic (exact) mass is 303 g/mol. The van der Waals surface area contributed by atoms with Crippen LogP contribution in [0.5, 0.6) is 0 Å². The number of aromatic nitrogens is 3. The summed E-state index contributed by atoms with van der Waals surface area (Å²) in [6.07, 6.45) is 0. The molecular weight excluding hydrogens is 278 g/mol. The first-order valence-electron chi connectivity index (χ1n) is 7.63. The van der Waals surface area contributed by atoms with Crippen molar-refractivity contribution in [1.29, 1.82) is 0 Å². The minimum atomic E-state index is -0.245. The minimum Gasteiger partial charge on any atom is -0.350 e. The molecule has 0 bridgehead atoms. The molecule has 1 aromatic heterocycles. The van der Waals surface area contributed by atoms with Gasteiger partial charge in [-0.3, -0.25) is 9.80 Å². The highest BCUT2D eigenvalue weighted by Gasteiger charge is 2.19. The van der Waals surface area contributed by atoms with Crippen LogP contribution in [-0.4, -0.2) is 39.6 Å². The molecule has 0 atom stereocenters. The van der Waals surface area contributed by atoms with Crippen molar-refractivity contribution in [3.05, 3.63) is 24.3 Å². The Morgan fingerprint density at radius 2 is 2.00 bits per heavy atom. The SMILES string of the molecule is CC(C)CN(CC(=O)NC(C)(C)C)n1nnc2ccccc21. The maximum Gasteiger partial charge on any atom is 0.241 e. The lowest BCUT2D eigenvalue weighted by atomic mass is 10.1. The predicted octanol–water partition coefficient (Wildman–Crippen LogP) is 1.94. The fourth-order valence-electron chi connectivity index (χ4n) is 2.32. The minimum absolute atomic E-state index is 0.0206. The van der Waals surface area contributed by atoms with Gasteiger partial charge >= 0.3 is 0 Å². The molecular formula is C16H25N5O. The molecule has 0 saturated carbocycles. The van der Waals surface area contributed by atoms with E-state index in [2.05, 4.69) is 29.5 Å². The standard InChI is InChI=1S/C16H25N5O/c1-12(2)10-20(11-15(22)17-16(3,4)5)21-14-9-7-6-8-13(14)18-19-21/h6-9,12H,10-11H2,1-5H3,(H,17,22). The summed E-state index contributed by atoms with van der Waals surface area (Å²) in [4.78, 5) is 14.0. The van der Waals surface area contributed by atoms with Crippen LogP contribution in [-0.2, 0) is 4.79 Å². The van der Waals surface area contributed by atoms with E-state index in [0.717, 1.165) is 17.6 Å². The van der Waals surface area contributed by atoms with Gasteiger partial charge < -0.3 is 5.32 Å². The largest absolute Gasteiger partial charge is 0.350 e. The number of benzene rings is 1. The molecule has 0 fully saturated rings. The van der Waals surface area contributed by atoms with Crippen molar-refractivity contribution in [2.45, 2.75) is 40.2 Å². The van der Waals surface area contributed by atoms with Gasteiger partial charge in [0, 0.05) is 12.1 Å². The van der Waals surface area contributed by atoms with Gasteiger partial charge in [-0.15, -0.1) is 5.10 Å². The topological polar surface area (TPSA) is 63.1 Å². The van der Waals surface area contributed by atoms with Gasteiger partial charge in [0.25, 0.3) is 0 Å². The quantitative estimate of drug-likeness (QED) is 0.917. The molecule has 0 aliphatic heterocycles. The van der Waals surface area contributed by atoms with Gasteiger partial charge in [-0.1, -0.05) is 26.0 Å². The molecule has 1 heterocycles. The fraction of sp³-hybridized carbons (Fsp3) is 0.562. The van der Waals surface area contributed by atoms with Gasteiger partial charge in [0.2, 0.25) is 5.91 Å². The van der Waals surface area contributed by atoms with E-state index in [1.807, 2.05) is 50.0 Å². The second kappa shape index (κ2) is 6.34. The van der Waals surface area contributed by atoms with Crippen molar-refractivity contribution < 1.29 is 4.79 Å². The van der Waals surface area contributed by atoms with Crippen molar-refractivity contribution in [2.75, 3.05) is 18.1 Å². The van der Waals surface area contributed by atoms with E-state index in [4.69, 9.17) is 0 Å². The molecule has 1 aromatic carbocycles. The van der Waals surface area contributed by atoms with E-state index in [9.17, 15) is 4.79 Å². The maximum atomic E-state index is 12.3. The van der Waals surface area contributed by atoms with Gasteiger partial charge in [0.05, 0.1) is 0 Å². The van der Waals surface area contributed by atoms with E-state index >= 15 is 0 Å². The van der Waals surface area contributed by atoms with Crippen LogP contribution < -0.4 is 10.3 Å². The van der Waals surface area contributed by atoms with E-state index in [1.165, 1.54) is 0 Å². The summed E-state index contributed by atoms with van der Waals surface area (Å²) >= 11 is 0. The van der Waals surface area contributed by atoms with Crippen LogP contribution in [0.4, 0.5) is 0 Å². The lowest BCUT2D eigenvalue weighted by molar-refractivity contribution is -0.121. The van der Waals surface area contributed by atoms with Crippen molar-refractivity contribution in [2.24, 2.45) is 5.92 Å². The molecule has 6 nitrogen and oxygen atoms in total. The number of para-hydroxylation sites is 1. The van der Waals surface area contributed by atoms with E-state index in [1.54, 1.807) is 4.79 Å². The van der Waals surface area contributed by atoms with Crippen LogP contribution >= 0.6 is 0 Å². The van der Waals surface area contributed by atoms with Gasteiger partial charge in [-0.05, 0) is 44.0 Å². The molecule has 2 aromatic rings. The van der Waals surface area contributed by atoms with Crippen LogP contribution in [0.3, 0.4) is 0 Å². The Morgan fingerprint density at radius 1 is 1.32 bits per heavy atom. The molecule has 1 amide bonds. The third-order valence-electron chi connectivity index (χ3n) is 3.02. The molecule has 120 valence electrons. The Labute approximate surface area is 131 Å². The van der Waals surface area contributed by atoms with Crippen LogP contribution in [0, 0.1) is 5.92 Å². The first kappa shape index (κ1) is 16.3. The number of hydrogen-bond donors (Lipinski definition) is 1. The summed E-state index contributed by atoms with van der Waals surface area (Å²) < 4.78 is 0. The number of rotatable bonds is 5. The molecule has 0 unspecified atom stereocenters. The summed E-state index contributed by atoms with van der Waals surface area (Å²) in [7, 11) is 0. The number of carbonyl (C=O) groups is 1. The Hall–Kier alpha value is -2.11. The third kappa shape index (κ3) is 4.19. The summed E-state index contributed by atoms with van der Waals surface area (Å²) in [5.41, 5.74) is 1.49. The van der Waals surface area contributed by atoms with Gasteiger partial charge in [0.1, 0.15) is 17.6 Å². The van der Waals surface area contributed by atoms with Crippen molar-refractivity contribution in [1.82, 2.24) is 20.4 Å². The van der Waals surface area contributed by atoms with E-state index in [-0.39, 0.29) is 18.0 Å². The first-order chi connectivity index (χ1) is 10.3. The van der Waals surface area contributed by atoms with Crippen molar-refractivity contribution >= 4 is 16.9 Å². The van der Waals surface area contributed by atoms with Crippen LogP contribution in [0.2, 0.25) is 0 Å². The molecule has 1 N–H and O–H groups in total. The molecule has 22 heavy (non-hydrogen) atoms. The maximum absolute atomic E-state index is 12.3. The number of carbonyl (C=O) groups excluding carboxylic acids is 1. The summed E-state index contributed by atoms with van der Waals surface area (Å²) in [6, 6.07) is 7.76. The van der Waals surface area contributed by atoms with Crippen molar-refractivity contribution in [3.8, 4) is 0 Å². The zero-order valence-electron chi connectivity index (χ0n) is 14.0. The van der Waals surface area contributed by atoms with Crippen LogP contribution in [0.25, 0.3) is 11.0 Å². The average molecular weight is 303 g/mol. The van der Waals surface area contributed by atoms with E-state index in [0.29, 0.717) is 5.92 Å². The number of amides is 1. The van der Waals surface area contributed by atoms with Gasteiger partial charge in [-0.25, -0.2) is 0 Å². The highest BCUT2D eigenvalue weighted by Crippen LogP contribution is 2.11. The second-order valence-electron chi connectivity index (χ2n) is 7.01. The Morgan fingerprint density at radius 3 is 2.64 bits per heavy atom. The lowest BCUT2D eigenvalue weighted by Gasteiger charge is -2.28. The average Bonchev–Trinajstić information content (AvgIpc) is 2.78. The Kier molecular flexibility index (Phi) is 4.68. The number of nitrogens with one attached hydrogen (secondary N) is 1. The summed E-state index contributed by atoms with van der Waals surface area (Å²) in [6.45, 7) is 11.1. The van der Waals surface area contributed by atoms with Gasteiger partial charge in [0.15, 0.2) is 0 Å². The second-order valence-corrected chi connectivity index (χ2v) is 7.01. The zero-order chi connectivity index (χ0) is 16.3. The highest BCUT2D eigenvalue weighted by atomic mass is 16.2. The highest BCUT2D eigenvalue weighted by molar-refractivity contribution is 5.81. The predicted molar refractivity (Wildman–Crippen MR) is 88.2 cm³/mol. The molecule has 0 aliphatic rings. The van der Waals surface area contributed by atoms with Crippen LogP contribution in [0.1, 0.15) is 34.6 Å². The number of hydrogen-bond acceptors (Lipinski definition) is 4. The number of nitrogens with zero attached hydrogens (tertiary/aromatic N) is 4.